The van der Waals surface area contributed by atoms with E-state index < -0.39 is 0 Å². The van der Waals surface area contributed by atoms with E-state index in [1.54, 1.807) is 48.5 Å². The van der Waals surface area contributed by atoms with Crippen molar-refractivity contribution in [3.63, 3.8) is 0 Å². The fraction of sp³-hybridized carbons (Fsp3) is 0.304. The maximum Gasteiger partial charge on any atom is 0.261 e. The standard InChI is InChI=1S/C23H23FN2O4/c1-28-18-7-9-19(10-8-18)29-15-22(27)26-11-3-6-21(26)23-25-14-20(30-23)13-16-4-2-5-17(24)12-16/h2,4-5,7-10,12,14,21H,3,6,11,13,15H2,1H3/t21-/m0/s1. The highest BCUT2D eigenvalue weighted by Crippen LogP contribution is 2.32. The van der Waals surface area contributed by atoms with Crippen molar-refractivity contribution in [2.45, 2.75) is 25.3 Å². The second-order valence-corrected chi connectivity index (χ2v) is 7.18. The van der Waals surface area contributed by atoms with Crippen LogP contribution in [0.25, 0.3) is 0 Å². The zero-order valence-corrected chi connectivity index (χ0v) is 16.7. The summed E-state index contributed by atoms with van der Waals surface area (Å²) in [5.74, 6) is 2.09. The number of benzene rings is 2. The van der Waals surface area contributed by atoms with Crippen LogP contribution in [0, 0.1) is 5.82 Å². The van der Waals surface area contributed by atoms with Crippen molar-refractivity contribution in [3.8, 4) is 11.5 Å². The van der Waals surface area contributed by atoms with Crippen LogP contribution in [0.15, 0.2) is 59.1 Å². The van der Waals surface area contributed by atoms with E-state index in [0.717, 1.165) is 24.2 Å². The number of likely N-dealkylation sites (tertiary alicyclic amines) is 1. The van der Waals surface area contributed by atoms with Crippen LogP contribution in [0.5, 0.6) is 11.5 Å². The van der Waals surface area contributed by atoms with Gasteiger partial charge in [-0.25, -0.2) is 9.37 Å². The molecule has 1 fully saturated rings. The number of halogens is 1. The maximum atomic E-state index is 13.4. The quantitative estimate of drug-likeness (QED) is 0.585. The number of hydrogen-bond donors (Lipinski definition) is 0. The van der Waals surface area contributed by atoms with E-state index in [1.165, 1.54) is 12.1 Å². The van der Waals surface area contributed by atoms with Crippen LogP contribution in [0.1, 0.15) is 36.1 Å². The molecule has 1 amide bonds. The van der Waals surface area contributed by atoms with Gasteiger partial charge in [0, 0.05) is 13.0 Å². The third-order valence-corrected chi connectivity index (χ3v) is 5.12. The lowest BCUT2D eigenvalue weighted by Crippen LogP contribution is -2.34. The number of rotatable bonds is 7. The molecule has 6 nitrogen and oxygen atoms in total. The number of aromatic nitrogens is 1. The number of nitrogens with zero attached hydrogens (tertiary/aromatic N) is 2. The summed E-state index contributed by atoms with van der Waals surface area (Å²) in [7, 11) is 1.60. The van der Waals surface area contributed by atoms with Crippen LogP contribution in [0.2, 0.25) is 0 Å². The third kappa shape index (κ3) is 4.62. The molecule has 4 rings (SSSR count). The second-order valence-electron chi connectivity index (χ2n) is 7.18. The van der Waals surface area contributed by atoms with E-state index in [9.17, 15) is 9.18 Å². The molecule has 30 heavy (non-hydrogen) atoms. The van der Waals surface area contributed by atoms with Gasteiger partial charge in [-0.3, -0.25) is 4.79 Å². The predicted molar refractivity (Wildman–Crippen MR) is 108 cm³/mol. The molecule has 0 N–H and O–H groups in total. The zero-order chi connectivity index (χ0) is 20.9. The Morgan fingerprint density at radius 1 is 1.23 bits per heavy atom. The highest BCUT2D eigenvalue weighted by atomic mass is 19.1. The summed E-state index contributed by atoms with van der Waals surface area (Å²) in [6.45, 7) is 0.580. The first kappa shape index (κ1) is 19.9. The molecule has 2 heterocycles. The molecule has 1 aliphatic heterocycles. The van der Waals surface area contributed by atoms with Gasteiger partial charge in [-0.05, 0) is 54.8 Å². The molecular weight excluding hydrogens is 387 g/mol. The van der Waals surface area contributed by atoms with Crippen molar-refractivity contribution in [1.82, 2.24) is 9.88 Å². The van der Waals surface area contributed by atoms with E-state index in [4.69, 9.17) is 13.9 Å². The summed E-state index contributed by atoms with van der Waals surface area (Å²) in [6.07, 6.45) is 3.76. The fourth-order valence-electron chi connectivity index (χ4n) is 3.63. The zero-order valence-electron chi connectivity index (χ0n) is 16.7. The number of ether oxygens (including phenoxy) is 2. The van der Waals surface area contributed by atoms with Gasteiger partial charge in [-0.15, -0.1) is 0 Å². The van der Waals surface area contributed by atoms with Gasteiger partial charge in [-0.1, -0.05) is 12.1 Å². The summed E-state index contributed by atoms with van der Waals surface area (Å²) in [6, 6.07) is 13.3. The lowest BCUT2D eigenvalue weighted by atomic mass is 10.1. The lowest BCUT2D eigenvalue weighted by molar-refractivity contribution is -0.134. The molecule has 1 saturated heterocycles. The smallest absolute Gasteiger partial charge is 0.261 e. The molecular formula is C23H23FN2O4. The maximum absolute atomic E-state index is 13.4. The third-order valence-electron chi connectivity index (χ3n) is 5.12. The van der Waals surface area contributed by atoms with E-state index >= 15 is 0 Å². The predicted octanol–water partition coefficient (Wildman–Crippen LogP) is 4.16. The minimum absolute atomic E-state index is 0.0559. The van der Waals surface area contributed by atoms with Gasteiger partial charge < -0.3 is 18.8 Å². The highest BCUT2D eigenvalue weighted by molar-refractivity contribution is 5.78. The lowest BCUT2D eigenvalue weighted by Gasteiger charge is -2.22. The molecule has 1 atom stereocenters. The fourth-order valence-corrected chi connectivity index (χ4v) is 3.63. The van der Waals surface area contributed by atoms with E-state index in [0.29, 0.717) is 30.4 Å². The minimum Gasteiger partial charge on any atom is -0.497 e. The molecule has 0 saturated carbocycles. The van der Waals surface area contributed by atoms with Gasteiger partial charge in [0.2, 0.25) is 5.89 Å². The first-order chi connectivity index (χ1) is 14.6. The van der Waals surface area contributed by atoms with E-state index in [-0.39, 0.29) is 24.4 Å². The average Bonchev–Trinajstić information content (AvgIpc) is 3.42. The molecule has 0 aliphatic carbocycles. The molecule has 1 aliphatic rings. The van der Waals surface area contributed by atoms with Gasteiger partial charge >= 0.3 is 0 Å². The Hall–Kier alpha value is -3.35. The Balaban J connectivity index is 1.38. The Morgan fingerprint density at radius 3 is 2.80 bits per heavy atom. The van der Waals surface area contributed by atoms with Gasteiger partial charge in [0.25, 0.3) is 5.91 Å². The Morgan fingerprint density at radius 2 is 2.03 bits per heavy atom. The van der Waals surface area contributed by atoms with Crippen LogP contribution < -0.4 is 9.47 Å². The summed E-state index contributed by atoms with van der Waals surface area (Å²) in [5.41, 5.74) is 0.810. The van der Waals surface area contributed by atoms with Gasteiger partial charge in [0.1, 0.15) is 29.1 Å². The van der Waals surface area contributed by atoms with Crippen LogP contribution in [0.4, 0.5) is 4.39 Å². The van der Waals surface area contributed by atoms with Crippen LogP contribution >= 0.6 is 0 Å². The molecule has 0 radical (unpaired) electrons. The molecule has 3 aromatic rings. The first-order valence-electron chi connectivity index (χ1n) is 9.88. The molecule has 156 valence electrons. The van der Waals surface area contributed by atoms with Crippen LogP contribution in [0.3, 0.4) is 0 Å². The SMILES string of the molecule is COc1ccc(OCC(=O)N2CCC[C@H]2c2ncc(Cc3cccc(F)c3)o2)cc1. The normalized spacial score (nSPS) is 15.9. The topological polar surface area (TPSA) is 64.8 Å². The molecule has 7 heteroatoms. The Bertz CT molecular complexity index is 1000. The Labute approximate surface area is 174 Å². The highest BCUT2D eigenvalue weighted by Gasteiger charge is 2.33. The van der Waals surface area contributed by atoms with Gasteiger partial charge in [0.05, 0.1) is 13.3 Å². The number of carbonyl (C=O) groups excluding carboxylic acids is 1. The molecule has 1 aromatic heterocycles. The molecule has 2 aromatic carbocycles. The van der Waals surface area contributed by atoms with Crippen molar-refractivity contribution in [1.29, 1.82) is 0 Å². The average molecular weight is 410 g/mol. The Kier molecular flexibility index (Phi) is 5.97. The van der Waals surface area contributed by atoms with Crippen LogP contribution in [-0.4, -0.2) is 36.1 Å². The summed E-state index contributed by atoms with van der Waals surface area (Å²) < 4.78 is 30.0. The van der Waals surface area contributed by atoms with Crippen molar-refractivity contribution < 1.29 is 23.1 Å². The molecule has 0 bridgehead atoms. The monoisotopic (exact) mass is 410 g/mol. The number of amides is 1. The number of oxazole rings is 1. The number of hydrogen-bond acceptors (Lipinski definition) is 5. The largest absolute Gasteiger partial charge is 0.497 e. The van der Waals surface area contributed by atoms with E-state index in [2.05, 4.69) is 4.98 Å². The number of methoxy groups -OCH3 is 1. The van der Waals surface area contributed by atoms with Crippen molar-refractivity contribution in [2.75, 3.05) is 20.3 Å². The summed E-state index contributed by atoms with van der Waals surface area (Å²) in [4.78, 5) is 18.9. The van der Waals surface area contributed by atoms with Gasteiger partial charge in [0.15, 0.2) is 6.61 Å². The minimum atomic E-state index is -0.281. The van der Waals surface area contributed by atoms with Crippen molar-refractivity contribution in [2.24, 2.45) is 0 Å². The van der Waals surface area contributed by atoms with Gasteiger partial charge in [-0.2, -0.15) is 0 Å². The number of carbonyl (C=O) groups is 1. The van der Waals surface area contributed by atoms with Crippen LogP contribution in [-0.2, 0) is 11.2 Å². The van der Waals surface area contributed by atoms with E-state index in [1.807, 2.05) is 6.07 Å². The summed E-state index contributed by atoms with van der Waals surface area (Å²) in [5, 5.41) is 0. The van der Waals surface area contributed by atoms with Crippen molar-refractivity contribution in [3.05, 3.63) is 77.8 Å². The first-order valence-corrected chi connectivity index (χ1v) is 9.88. The molecule has 0 spiro atoms. The molecule has 0 unspecified atom stereocenters. The van der Waals surface area contributed by atoms with Crippen molar-refractivity contribution >= 4 is 5.91 Å². The second kappa shape index (κ2) is 8.98. The summed E-state index contributed by atoms with van der Waals surface area (Å²) >= 11 is 0.